The Labute approximate surface area is 183 Å². The quantitative estimate of drug-likeness (QED) is 0.103. The van der Waals surface area contributed by atoms with Crippen LogP contribution in [0.1, 0.15) is 17.3 Å². The number of aliphatic hydroxyl groups excluding tert-OH is 1. The van der Waals surface area contributed by atoms with Gasteiger partial charge in [-0.3, -0.25) is 14.2 Å². The second kappa shape index (κ2) is 12.1. The van der Waals surface area contributed by atoms with Crippen LogP contribution in [-0.2, 0) is 23.4 Å². The molecule has 1 amide bonds. The molecule has 6 N–H and O–H groups in total. The zero-order valence-corrected chi connectivity index (χ0v) is 18.3. The van der Waals surface area contributed by atoms with Gasteiger partial charge in [-0.2, -0.15) is 0 Å². The molecule has 0 spiro atoms. The Morgan fingerprint density at radius 1 is 1.31 bits per heavy atom. The summed E-state index contributed by atoms with van der Waals surface area (Å²) in [4.78, 5) is 46.6. The van der Waals surface area contributed by atoms with E-state index in [9.17, 15) is 29.1 Å². The second-order valence-electron chi connectivity index (χ2n) is 6.26. The molecule has 0 heterocycles. The highest BCUT2D eigenvalue weighted by Gasteiger charge is 2.38. The number of benzene rings is 1. The fraction of sp³-hybridized carbons (Fsp3) is 0.333. The number of nitroso groups, excluding NO2 is 1. The van der Waals surface area contributed by atoms with Gasteiger partial charge in [-0.25, -0.2) is 9.36 Å². The van der Waals surface area contributed by atoms with Gasteiger partial charge in [0.25, 0.3) is 0 Å². The number of nitrogens with two attached hydrogens (primary N) is 2. The van der Waals surface area contributed by atoms with E-state index in [2.05, 4.69) is 11.1 Å². The summed E-state index contributed by atoms with van der Waals surface area (Å²) in [6.45, 7) is 4.04. The first-order valence-corrected chi connectivity index (χ1v) is 10.5. The van der Waals surface area contributed by atoms with Crippen molar-refractivity contribution < 1.29 is 38.2 Å². The van der Waals surface area contributed by atoms with Crippen LogP contribution in [0, 0.1) is 4.91 Å². The van der Waals surface area contributed by atoms with Crippen molar-refractivity contribution in [1.82, 2.24) is 4.90 Å². The summed E-state index contributed by atoms with van der Waals surface area (Å²) >= 11 is 0. The van der Waals surface area contributed by atoms with Gasteiger partial charge < -0.3 is 30.9 Å². The lowest BCUT2D eigenvalue weighted by Crippen LogP contribution is -2.52. The minimum atomic E-state index is -4.82. The lowest BCUT2D eigenvalue weighted by Gasteiger charge is -2.36. The van der Waals surface area contributed by atoms with Crippen LogP contribution in [0.4, 0.5) is 0 Å². The molecule has 0 bridgehead atoms. The molecule has 14 heteroatoms. The summed E-state index contributed by atoms with van der Waals surface area (Å²) in [5.41, 5.74) is 11.2. The lowest BCUT2D eigenvalue weighted by molar-refractivity contribution is -0.129. The van der Waals surface area contributed by atoms with E-state index >= 15 is 0 Å². The van der Waals surface area contributed by atoms with E-state index in [0.29, 0.717) is 0 Å². The number of rotatable bonds is 13. The van der Waals surface area contributed by atoms with Gasteiger partial charge >= 0.3 is 13.7 Å². The molecule has 0 fully saturated rings. The van der Waals surface area contributed by atoms with E-state index in [0.717, 1.165) is 18.2 Å². The van der Waals surface area contributed by atoms with Gasteiger partial charge in [0.05, 0.1) is 17.7 Å². The van der Waals surface area contributed by atoms with Crippen LogP contribution in [0.15, 0.2) is 59.5 Å². The Morgan fingerprint density at radius 2 is 1.91 bits per heavy atom. The lowest BCUT2D eigenvalue weighted by atomic mass is 10.1. The predicted molar refractivity (Wildman–Crippen MR) is 112 cm³/mol. The fourth-order valence-corrected chi connectivity index (χ4v) is 2.77. The Hall–Kier alpha value is -3.09. The van der Waals surface area contributed by atoms with E-state index in [4.69, 9.17) is 20.9 Å². The molecule has 4 atom stereocenters. The zero-order valence-electron chi connectivity index (χ0n) is 17.4. The third kappa shape index (κ3) is 7.25. The van der Waals surface area contributed by atoms with Crippen LogP contribution >= 0.6 is 7.75 Å². The van der Waals surface area contributed by atoms with Crippen molar-refractivity contribution in [1.29, 1.82) is 0 Å². The molecule has 0 aliphatic carbocycles. The summed E-state index contributed by atoms with van der Waals surface area (Å²) in [7, 11) is -3.70. The number of carbonyl (C=O) groups excluding carboxylic acids is 2. The molecule has 4 unspecified atom stereocenters. The first-order chi connectivity index (χ1) is 15.0. The molecule has 0 saturated heterocycles. The van der Waals surface area contributed by atoms with Crippen LogP contribution < -0.4 is 11.5 Å². The number of primary amides is 1. The molecule has 1 aromatic carbocycles. The van der Waals surface area contributed by atoms with E-state index < -0.39 is 44.7 Å². The molecule has 1 rings (SSSR count). The smallest absolute Gasteiger partial charge is 0.435 e. The Kier molecular flexibility index (Phi) is 10.2. The number of esters is 1. The monoisotopic (exact) mass is 472 g/mol. The van der Waals surface area contributed by atoms with Crippen LogP contribution in [-0.4, -0.2) is 58.9 Å². The van der Waals surface area contributed by atoms with Gasteiger partial charge in [0.2, 0.25) is 12.1 Å². The van der Waals surface area contributed by atoms with Crippen molar-refractivity contribution in [2.45, 2.75) is 25.4 Å². The molecule has 1 aromatic rings. The summed E-state index contributed by atoms with van der Waals surface area (Å²) in [6.07, 6.45) is -3.82. The number of hydrogen-bond acceptors (Lipinski definition) is 10. The van der Waals surface area contributed by atoms with Crippen molar-refractivity contribution >= 4 is 19.6 Å². The van der Waals surface area contributed by atoms with Crippen LogP contribution in [0.25, 0.3) is 0 Å². The van der Waals surface area contributed by atoms with E-state index in [1.54, 1.807) is 18.2 Å². The molecule has 176 valence electrons. The maximum Gasteiger partial charge on any atom is 0.487 e. The van der Waals surface area contributed by atoms with Gasteiger partial charge in [-0.1, -0.05) is 24.8 Å². The standard InChI is InChI=1S/C18H25N4O9P/c1-4-22(15(19)11(2)16(20)24)17(31-18(25)12-8-6-5-7-9-12)14(23)13(29-3)10-30-32(27,28)21-26/h4-9,13-14,17,23H,1,10,19H2,2-3H3,(H2,20,24)(H,27,28)/b15-11+. The summed E-state index contributed by atoms with van der Waals surface area (Å²) in [6, 6.07) is 7.73. The van der Waals surface area contributed by atoms with Crippen molar-refractivity contribution in [2.75, 3.05) is 13.7 Å². The number of hydrogen-bond donors (Lipinski definition) is 4. The molecule has 0 aromatic heterocycles. The van der Waals surface area contributed by atoms with E-state index in [1.165, 1.54) is 19.1 Å². The van der Waals surface area contributed by atoms with Crippen LogP contribution in [0.3, 0.4) is 0 Å². The Balaban J connectivity index is 3.35. The number of aliphatic hydroxyl groups is 1. The number of methoxy groups -OCH3 is 1. The molecule has 13 nitrogen and oxygen atoms in total. The SMILES string of the molecule is C=CN(/C(N)=C(\C)C(N)=O)C(OC(=O)c1ccccc1)C(O)C(COP(=O)(O)N=O)OC. The molecule has 0 saturated carbocycles. The number of nitrogens with zero attached hydrogens (tertiary/aromatic N) is 2. The van der Waals surface area contributed by atoms with Crippen molar-refractivity contribution in [2.24, 2.45) is 16.4 Å². The van der Waals surface area contributed by atoms with Gasteiger partial charge in [-0.15, -0.1) is 4.91 Å². The third-order valence-electron chi connectivity index (χ3n) is 4.23. The summed E-state index contributed by atoms with van der Waals surface area (Å²) in [5.74, 6) is -2.07. The molecule has 32 heavy (non-hydrogen) atoms. The van der Waals surface area contributed by atoms with Gasteiger partial charge in [0, 0.05) is 18.3 Å². The number of carbonyl (C=O) groups is 2. The first kappa shape index (κ1) is 26.9. The fourth-order valence-electron chi connectivity index (χ4n) is 2.39. The molecular weight excluding hydrogens is 447 g/mol. The zero-order chi connectivity index (χ0) is 24.5. The maximum atomic E-state index is 12.6. The van der Waals surface area contributed by atoms with Crippen LogP contribution in [0.2, 0.25) is 0 Å². The third-order valence-corrected chi connectivity index (χ3v) is 4.92. The summed E-state index contributed by atoms with van der Waals surface area (Å²) in [5, 5.41) is 10.9. The van der Waals surface area contributed by atoms with Crippen molar-refractivity contribution in [3.63, 3.8) is 0 Å². The van der Waals surface area contributed by atoms with E-state index in [-0.39, 0.29) is 17.0 Å². The highest BCUT2D eigenvalue weighted by molar-refractivity contribution is 7.51. The van der Waals surface area contributed by atoms with Gasteiger partial charge in [-0.05, 0) is 19.1 Å². The molecule has 0 aliphatic heterocycles. The maximum absolute atomic E-state index is 12.6. The Morgan fingerprint density at radius 3 is 2.38 bits per heavy atom. The molecule has 0 radical (unpaired) electrons. The minimum absolute atomic E-state index is 0.123. The van der Waals surface area contributed by atoms with Gasteiger partial charge in [0.15, 0.2) is 0 Å². The van der Waals surface area contributed by atoms with Gasteiger partial charge in [0.1, 0.15) is 18.0 Å². The number of amides is 1. The van der Waals surface area contributed by atoms with Crippen molar-refractivity contribution in [3.8, 4) is 0 Å². The van der Waals surface area contributed by atoms with E-state index in [1.807, 2.05) is 4.95 Å². The molecule has 0 aliphatic rings. The topological polar surface area (TPSA) is 204 Å². The predicted octanol–water partition coefficient (Wildman–Crippen LogP) is 0.550. The first-order valence-electron chi connectivity index (χ1n) is 8.95. The summed E-state index contributed by atoms with van der Waals surface area (Å²) < 4.78 is 26.3. The highest BCUT2D eigenvalue weighted by atomic mass is 31.2. The molecular formula is C18H25N4O9P. The number of ether oxygens (including phenoxy) is 2. The largest absolute Gasteiger partial charge is 0.487 e. The minimum Gasteiger partial charge on any atom is -0.435 e. The highest BCUT2D eigenvalue weighted by Crippen LogP contribution is 2.43. The second-order valence-corrected chi connectivity index (χ2v) is 7.66. The normalized spacial score (nSPS) is 16.5. The van der Waals surface area contributed by atoms with Crippen molar-refractivity contribution in [3.05, 3.63) is 65.0 Å². The average Bonchev–Trinajstić information content (AvgIpc) is 2.78. The average molecular weight is 472 g/mol. The van der Waals surface area contributed by atoms with Crippen LogP contribution in [0.5, 0.6) is 0 Å². The Bertz CT molecular complexity index is 909.